The molecule has 0 spiro atoms. The summed E-state index contributed by atoms with van der Waals surface area (Å²) in [5.41, 5.74) is 0.511. The summed E-state index contributed by atoms with van der Waals surface area (Å²) in [5.74, 6) is -0.938. The van der Waals surface area contributed by atoms with Crippen molar-refractivity contribution >= 4 is 0 Å². The Hall–Kier alpha value is -0.960. The van der Waals surface area contributed by atoms with Crippen molar-refractivity contribution in [3.05, 3.63) is 35.4 Å². The molecule has 0 saturated heterocycles. The molecule has 1 aliphatic rings. The van der Waals surface area contributed by atoms with Crippen LogP contribution in [0.15, 0.2) is 18.2 Å². The van der Waals surface area contributed by atoms with E-state index >= 15 is 0 Å². The molecule has 3 heteroatoms. The highest BCUT2D eigenvalue weighted by atomic mass is 19.1. The lowest BCUT2D eigenvalue weighted by Gasteiger charge is -2.20. The number of rotatable bonds is 2. The van der Waals surface area contributed by atoms with Crippen LogP contribution in [0.4, 0.5) is 8.78 Å². The Morgan fingerprint density at radius 2 is 1.88 bits per heavy atom. The minimum absolute atomic E-state index is 0.109. The van der Waals surface area contributed by atoms with Crippen molar-refractivity contribution in [2.45, 2.75) is 44.6 Å². The average Bonchev–Trinajstić information content (AvgIpc) is 2.48. The van der Waals surface area contributed by atoms with Crippen molar-refractivity contribution in [3.8, 4) is 0 Å². The molecule has 0 aliphatic heterocycles. The summed E-state index contributed by atoms with van der Waals surface area (Å²) >= 11 is 0. The van der Waals surface area contributed by atoms with Crippen molar-refractivity contribution in [2.24, 2.45) is 5.92 Å². The van der Waals surface area contributed by atoms with Gasteiger partial charge in [-0.05, 0) is 36.8 Å². The average molecular weight is 240 g/mol. The van der Waals surface area contributed by atoms with Gasteiger partial charge in [0.1, 0.15) is 11.6 Å². The zero-order chi connectivity index (χ0) is 12.3. The Balaban J connectivity index is 2.08. The predicted molar refractivity (Wildman–Crippen MR) is 62.6 cm³/mol. The van der Waals surface area contributed by atoms with Crippen molar-refractivity contribution in [1.82, 2.24) is 0 Å². The normalized spacial score (nSPS) is 25.6. The van der Waals surface area contributed by atoms with Crippen LogP contribution in [0.25, 0.3) is 0 Å². The van der Waals surface area contributed by atoms with Gasteiger partial charge in [0, 0.05) is 6.07 Å². The Morgan fingerprint density at radius 1 is 1.12 bits per heavy atom. The minimum Gasteiger partial charge on any atom is -0.393 e. The van der Waals surface area contributed by atoms with Gasteiger partial charge in [0.2, 0.25) is 0 Å². The smallest absolute Gasteiger partial charge is 0.129 e. The molecule has 94 valence electrons. The summed E-state index contributed by atoms with van der Waals surface area (Å²) in [4.78, 5) is 0. The van der Waals surface area contributed by atoms with E-state index in [0.717, 1.165) is 38.2 Å². The number of hydrogen-bond donors (Lipinski definition) is 1. The zero-order valence-electron chi connectivity index (χ0n) is 9.83. The van der Waals surface area contributed by atoms with Crippen LogP contribution in [0.5, 0.6) is 0 Å². The summed E-state index contributed by atoms with van der Waals surface area (Å²) in [5, 5.41) is 9.96. The monoisotopic (exact) mass is 240 g/mol. The lowest BCUT2D eigenvalue weighted by atomic mass is 9.90. The molecule has 1 saturated carbocycles. The van der Waals surface area contributed by atoms with Gasteiger partial charge in [-0.3, -0.25) is 0 Å². The van der Waals surface area contributed by atoms with Crippen LogP contribution in [0.3, 0.4) is 0 Å². The van der Waals surface area contributed by atoms with Gasteiger partial charge < -0.3 is 5.11 Å². The van der Waals surface area contributed by atoms with Crippen LogP contribution in [0, 0.1) is 17.6 Å². The summed E-state index contributed by atoms with van der Waals surface area (Å²) in [6.45, 7) is 0. The predicted octanol–water partition coefficient (Wildman–Crippen LogP) is 3.45. The molecule has 1 aliphatic carbocycles. The molecule has 17 heavy (non-hydrogen) atoms. The topological polar surface area (TPSA) is 20.2 Å². The molecule has 0 bridgehead atoms. The number of hydrogen-bond acceptors (Lipinski definition) is 1. The fourth-order valence-corrected chi connectivity index (χ4v) is 2.57. The van der Waals surface area contributed by atoms with Gasteiger partial charge in [0.05, 0.1) is 6.10 Å². The Kier molecular flexibility index (Phi) is 4.11. The summed E-state index contributed by atoms with van der Waals surface area (Å²) in [6.07, 6.45) is 5.16. The first-order valence-corrected chi connectivity index (χ1v) is 6.29. The Morgan fingerprint density at radius 3 is 2.65 bits per heavy atom. The summed E-state index contributed by atoms with van der Waals surface area (Å²) in [6, 6.07) is 3.68. The van der Waals surface area contributed by atoms with E-state index in [0.29, 0.717) is 12.0 Å². The Labute approximate surface area is 100 Å². The quantitative estimate of drug-likeness (QED) is 0.785. The molecule has 1 aromatic rings. The molecule has 1 fully saturated rings. The fraction of sp³-hybridized carbons (Fsp3) is 0.571. The molecular formula is C14H18F2O. The van der Waals surface area contributed by atoms with E-state index in [1.807, 2.05) is 0 Å². The van der Waals surface area contributed by atoms with Gasteiger partial charge in [-0.25, -0.2) is 8.78 Å². The lowest BCUT2D eigenvalue weighted by Crippen LogP contribution is -2.21. The molecule has 1 aromatic carbocycles. The molecule has 0 radical (unpaired) electrons. The second kappa shape index (κ2) is 5.58. The van der Waals surface area contributed by atoms with Gasteiger partial charge in [0.25, 0.3) is 0 Å². The van der Waals surface area contributed by atoms with E-state index in [4.69, 9.17) is 0 Å². The minimum atomic E-state index is -0.548. The molecule has 0 aromatic heterocycles. The third kappa shape index (κ3) is 3.25. The molecule has 1 N–H and O–H groups in total. The number of halogens is 2. The maximum absolute atomic E-state index is 13.5. The molecular weight excluding hydrogens is 222 g/mol. The van der Waals surface area contributed by atoms with E-state index in [2.05, 4.69) is 0 Å². The first-order valence-electron chi connectivity index (χ1n) is 6.29. The van der Waals surface area contributed by atoms with E-state index in [1.54, 1.807) is 0 Å². The maximum atomic E-state index is 13.5. The Bertz CT molecular complexity index is 378. The van der Waals surface area contributed by atoms with Crippen LogP contribution in [0.2, 0.25) is 0 Å². The van der Waals surface area contributed by atoms with E-state index in [1.165, 1.54) is 12.1 Å². The summed E-state index contributed by atoms with van der Waals surface area (Å²) in [7, 11) is 0. The third-order valence-corrected chi connectivity index (χ3v) is 3.62. The van der Waals surface area contributed by atoms with Gasteiger partial charge in [-0.2, -0.15) is 0 Å². The van der Waals surface area contributed by atoms with Gasteiger partial charge in [-0.1, -0.05) is 25.3 Å². The standard InChI is InChI=1S/C14H18F2O/c15-12-7-6-10(13(16)9-12)8-11-4-2-1-3-5-14(11)17/h6-7,9,11,14,17H,1-5,8H2. The maximum Gasteiger partial charge on any atom is 0.129 e. The van der Waals surface area contributed by atoms with Crippen molar-refractivity contribution < 1.29 is 13.9 Å². The van der Waals surface area contributed by atoms with E-state index in [-0.39, 0.29) is 12.0 Å². The molecule has 1 nitrogen and oxygen atoms in total. The van der Waals surface area contributed by atoms with Crippen LogP contribution in [0.1, 0.15) is 37.7 Å². The molecule has 0 amide bonds. The van der Waals surface area contributed by atoms with Crippen molar-refractivity contribution in [3.63, 3.8) is 0 Å². The number of aliphatic hydroxyl groups is 1. The molecule has 2 unspecified atom stereocenters. The molecule has 2 atom stereocenters. The zero-order valence-corrected chi connectivity index (χ0v) is 9.83. The SMILES string of the molecule is OC1CCCCCC1Cc1ccc(F)cc1F. The fourth-order valence-electron chi connectivity index (χ4n) is 2.57. The second-order valence-electron chi connectivity index (χ2n) is 4.91. The van der Waals surface area contributed by atoms with Gasteiger partial charge in [-0.15, -0.1) is 0 Å². The largest absolute Gasteiger partial charge is 0.393 e. The van der Waals surface area contributed by atoms with Crippen LogP contribution in [-0.2, 0) is 6.42 Å². The van der Waals surface area contributed by atoms with Crippen molar-refractivity contribution in [1.29, 1.82) is 0 Å². The summed E-state index contributed by atoms with van der Waals surface area (Å²) < 4.78 is 26.3. The first kappa shape index (κ1) is 12.5. The highest BCUT2D eigenvalue weighted by Gasteiger charge is 2.22. The lowest BCUT2D eigenvalue weighted by molar-refractivity contribution is 0.100. The molecule has 2 rings (SSSR count). The van der Waals surface area contributed by atoms with Gasteiger partial charge >= 0.3 is 0 Å². The third-order valence-electron chi connectivity index (χ3n) is 3.62. The number of benzene rings is 1. The van der Waals surface area contributed by atoms with Crippen LogP contribution >= 0.6 is 0 Å². The van der Waals surface area contributed by atoms with Crippen LogP contribution < -0.4 is 0 Å². The number of aliphatic hydroxyl groups excluding tert-OH is 1. The molecule has 0 heterocycles. The highest BCUT2D eigenvalue weighted by molar-refractivity contribution is 5.19. The van der Waals surface area contributed by atoms with E-state index < -0.39 is 11.6 Å². The van der Waals surface area contributed by atoms with Crippen LogP contribution in [-0.4, -0.2) is 11.2 Å². The second-order valence-corrected chi connectivity index (χ2v) is 4.91. The van der Waals surface area contributed by atoms with Crippen molar-refractivity contribution in [2.75, 3.05) is 0 Å². The highest BCUT2D eigenvalue weighted by Crippen LogP contribution is 2.27. The van der Waals surface area contributed by atoms with Gasteiger partial charge in [0.15, 0.2) is 0 Å². The van der Waals surface area contributed by atoms with E-state index in [9.17, 15) is 13.9 Å². The first-order chi connectivity index (χ1) is 8.16.